The Bertz CT molecular complexity index is 176. The van der Waals surface area contributed by atoms with Gasteiger partial charge in [-0.1, -0.05) is 6.42 Å². The second-order valence-electron chi connectivity index (χ2n) is 2.40. The van der Waals surface area contributed by atoms with Gasteiger partial charge in [0.1, 0.15) is 6.04 Å². The van der Waals surface area contributed by atoms with Crippen molar-refractivity contribution in [1.82, 2.24) is 0 Å². The molecule has 68 valence electrons. The molecule has 5 heteroatoms. The Labute approximate surface area is 71.3 Å². The van der Waals surface area contributed by atoms with Gasteiger partial charge in [0, 0.05) is 0 Å². The quantitative estimate of drug-likeness (QED) is 0.329. The van der Waals surface area contributed by atoms with Gasteiger partial charge in [-0.3, -0.25) is 0 Å². The van der Waals surface area contributed by atoms with Crippen LogP contribution >= 0.6 is 0 Å². The van der Waals surface area contributed by atoms with Crippen LogP contribution in [0.15, 0.2) is 0 Å². The van der Waals surface area contributed by atoms with Gasteiger partial charge in [0.25, 0.3) is 6.26 Å². The number of nitriles is 1. The van der Waals surface area contributed by atoms with Crippen LogP contribution in [-0.2, 0) is 9.53 Å². The summed E-state index contributed by atoms with van der Waals surface area (Å²) < 4.78 is 4.04. The normalized spacial score (nSPS) is 11.8. The monoisotopic (exact) mass is 171 g/mol. The Morgan fingerprint density at radius 2 is 2.25 bits per heavy atom. The van der Waals surface area contributed by atoms with Gasteiger partial charge in [0.2, 0.25) is 0 Å². The molecule has 0 saturated heterocycles. The minimum atomic E-state index is -0.698. The van der Waals surface area contributed by atoms with E-state index < -0.39 is 12.0 Å². The second kappa shape index (κ2) is 6.58. The van der Waals surface area contributed by atoms with Crippen molar-refractivity contribution in [3.05, 3.63) is 0 Å². The Balaban J connectivity index is 3.51. The Morgan fingerprint density at radius 1 is 1.58 bits per heavy atom. The first-order valence-corrected chi connectivity index (χ1v) is 3.77. The smallest absolute Gasteiger partial charge is 0.338 e. The molecular formula is C7H13N3O2. The highest BCUT2D eigenvalue weighted by Crippen LogP contribution is 1.99. The second-order valence-corrected chi connectivity index (χ2v) is 2.40. The summed E-state index contributed by atoms with van der Waals surface area (Å²) in [4.78, 5) is 10.7. The first-order chi connectivity index (χ1) is 5.72. The summed E-state index contributed by atoms with van der Waals surface area (Å²) in [6, 6.07) is -0.698. The largest absolute Gasteiger partial charge is 0.350 e. The summed E-state index contributed by atoms with van der Waals surface area (Å²) in [5, 5.41) is 7.99. The van der Waals surface area contributed by atoms with Gasteiger partial charge in [0.15, 0.2) is 0 Å². The third-order valence-electron chi connectivity index (χ3n) is 1.42. The molecule has 0 aliphatic heterocycles. The summed E-state index contributed by atoms with van der Waals surface area (Å²) >= 11 is 0. The van der Waals surface area contributed by atoms with E-state index in [2.05, 4.69) is 4.74 Å². The third-order valence-corrected chi connectivity index (χ3v) is 1.42. The van der Waals surface area contributed by atoms with Crippen molar-refractivity contribution < 1.29 is 9.53 Å². The number of esters is 1. The van der Waals surface area contributed by atoms with E-state index in [4.69, 9.17) is 16.7 Å². The molecule has 0 unspecified atom stereocenters. The van der Waals surface area contributed by atoms with Crippen molar-refractivity contribution in [2.24, 2.45) is 11.5 Å². The van der Waals surface area contributed by atoms with E-state index in [1.807, 2.05) is 0 Å². The highest BCUT2D eigenvalue weighted by molar-refractivity contribution is 5.76. The molecule has 0 aliphatic rings. The van der Waals surface area contributed by atoms with Gasteiger partial charge in [0.05, 0.1) is 0 Å². The molecule has 0 rings (SSSR count). The molecule has 0 radical (unpaired) electrons. The molecule has 0 saturated carbocycles. The van der Waals surface area contributed by atoms with Crippen LogP contribution in [0.3, 0.4) is 0 Å². The Morgan fingerprint density at radius 3 is 2.75 bits per heavy atom. The lowest BCUT2D eigenvalue weighted by Gasteiger charge is -2.05. The highest BCUT2D eigenvalue weighted by atomic mass is 16.5. The number of nitrogens with two attached hydrogens (primary N) is 2. The van der Waals surface area contributed by atoms with E-state index in [0.29, 0.717) is 13.0 Å². The third kappa shape index (κ3) is 4.66. The maximum absolute atomic E-state index is 10.7. The fraction of sp³-hybridized carbons (Fsp3) is 0.714. The summed E-state index contributed by atoms with van der Waals surface area (Å²) in [6.45, 7) is 0.583. The number of carbonyl (C=O) groups is 1. The lowest BCUT2D eigenvalue weighted by Crippen LogP contribution is -2.31. The molecule has 0 spiro atoms. The molecule has 5 nitrogen and oxygen atoms in total. The van der Waals surface area contributed by atoms with Crippen LogP contribution in [0.2, 0.25) is 0 Å². The van der Waals surface area contributed by atoms with E-state index in [9.17, 15) is 4.79 Å². The van der Waals surface area contributed by atoms with Crippen molar-refractivity contribution in [3.63, 3.8) is 0 Å². The number of ether oxygens (including phenoxy) is 1. The molecule has 0 aromatic rings. The number of carbonyl (C=O) groups excluding carboxylic acids is 1. The van der Waals surface area contributed by atoms with E-state index in [1.54, 1.807) is 0 Å². The van der Waals surface area contributed by atoms with Crippen molar-refractivity contribution in [2.75, 3.05) is 6.54 Å². The summed E-state index contributed by atoms with van der Waals surface area (Å²) in [5.74, 6) is -0.672. The zero-order chi connectivity index (χ0) is 9.40. The first kappa shape index (κ1) is 10.9. The number of nitrogens with zero attached hydrogens (tertiary/aromatic N) is 1. The highest BCUT2D eigenvalue weighted by Gasteiger charge is 2.13. The van der Waals surface area contributed by atoms with E-state index in [0.717, 1.165) is 12.8 Å². The molecular weight excluding hydrogens is 158 g/mol. The molecule has 0 aromatic heterocycles. The standard InChI is InChI=1S/C7H13N3O2/c8-4-2-1-3-6(10)7(11)12-5-9/h6H,1-4,8,10H2/t6-/m0/s1. The van der Waals surface area contributed by atoms with Crippen LogP contribution in [0.4, 0.5) is 0 Å². The maximum atomic E-state index is 10.7. The SMILES string of the molecule is N#COC(=O)[C@@H](N)CCCCN. The molecule has 0 fully saturated rings. The van der Waals surface area contributed by atoms with Gasteiger partial charge in [-0.15, -0.1) is 5.26 Å². The predicted octanol–water partition coefficient (Wildman–Crippen LogP) is -0.533. The van der Waals surface area contributed by atoms with E-state index in [-0.39, 0.29) is 0 Å². The number of unbranched alkanes of at least 4 members (excludes halogenated alkanes) is 1. The fourth-order valence-electron chi connectivity index (χ4n) is 0.747. The van der Waals surface area contributed by atoms with Crippen molar-refractivity contribution in [1.29, 1.82) is 5.26 Å². The van der Waals surface area contributed by atoms with Crippen molar-refractivity contribution in [2.45, 2.75) is 25.3 Å². The summed E-state index contributed by atoms with van der Waals surface area (Å²) in [5.41, 5.74) is 10.6. The number of hydrogen-bond acceptors (Lipinski definition) is 5. The van der Waals surface area contributed by atoms with Crippen LogP contribution in [0.25, 0.3) is 0 Å². The Hall–Kier alpha value is -1.12. The number of hydrogen-bond donors (Lipinski definition) is 2. The van der Waals surface area contributed by atoms with E-state index >= 15 is 0 Å². The minimum absolute atomic E-state index is 0.512. The average molecular weight is 171 g/mol. The molecule has 0 bridgehead atoms. The van der Waals surface area contributed by atoms with E-state index in [1.165, 1.54) is 6.26 Å². The molecule has 0 heterocycles. The van der Waals surface area contributed by atoms with Gasteiger partial charge in [-0.05, 0) is 19.4 Å². The van der Waals surface area contributed by atoms with Gasteiger partial charge >= 0.3 is 5.97 Å². The average Bonchev–Trinajstić information content (AvgIpc) is 2.05. The molecule has 0 aliphatic carbocycles. The van der Waals surface area contributed by atoms with Crippen LogP contribution in [0, 0.1) is 11.5 Å². The maximum Gasteiger partial charge on any atom is 0.338 e. The topological polar surface area (TPSA) is 102 Å². The Kier molecular flexibility index (Phi) is 5.97. The predicted molar refractivity (Wildman–Crippen MR) is 42.6 cm³/mol. The molecule has 4 N–H and O–H groups in total. The van der Waals surface area contributed by atoms with Gasteiger partial charge < -0.3 is 16.2 Å². The molecule has 12 heavy (non-hydrogen) atoms. The van der Waals surface area contributed by atoms with Gasteiger partial charge in [-0.2, -0.15) is 0 Å². The number of rotatable bonds is 5. The van der Waals surface area contributed by atoms with Gasteiger partial charge in [-0.25, -0.2) is 4.79 Å². The van der Waals surface area contributed by atoms with Crippen LogP contribution in [0.5, 0.6) is 0 Å². The lowest BCUT2D eigenvalue weighted by atomic mass is 10.1. The van der Waals surface area contributed by atoms with Crippen LogP contribution < -0.4 is 11.5 Å². The molecule has 0 aromatic carbocycles. The summed E-state index contributed by atoms with van der Waals surface area (Å²) in [7, 11) is 0. The van der Waals surface area contributed by atoms with Crippen molar-refractivity contribution >= 4 is 5.97 Å². The lowest BCUT2D eigenvalue weighted by molar-refractivity contribution is -0.138. The molecule has 0 amide bonds. The van der Waals surface area contributed by atoms with Crippen LogP contribution in [0.1, 0.15) is 19.3 Å². The van der Waals surface area contributed by atoms with Crippen LogP contribution in [-0.4, -0.2) is 18.6 Å². The zero-order valence-corrected chi connectivity index (χ0v) is 6.82. The minimum Gasteiger partial charge on any atom is -0.350 e. The van der Waals surface area contributed by atoms with Crippen molar-refractivity contribution in [3.8, 4) is 6.26 Å². The fourth-order valence-corrected chi connectivity index (χ4v) is 0.747. The molecule has 1 atom stereocenters. The first-order valence-electron chi connectivity index (χ1n) is 3.77. The summed E-state index contributed by atoms with van der Waals surface area (Å²) in [6.07, 6.45) is 3.40. The zero-order valence-electron chi connectivity index (χ0n) is 6.82.